The molecule has 0 unspecified atom stereocenters. The number of nitrogens with two attached hydrogens (primary N) is 1. The summed E-state index contributed by atoms with van der Waals surface area (Å²) in [6.07, 6.45) is 3.98. The predicted molar refractivity (Wildman–Crippen MR) is 83.1 cm³/mol. The SMILES string of the molecule is COc1ccccc1CCNc1nccnc1C(N)=S. The third-order valence-corrected chi connectivity index (χ3v) is 3.00. The highest BCUT2D eigenvalue weighted by molar-refractivity contribution is 7.80. The molecule has 5 nitrogen and oxygen atoms in total. The van der Waals surface area contributed by atoms with Gasteiger partial charge in [-0.3, -0.25) is 0 Å². The molecule has 0 fully saturated rings. The lowest BCUT2D eigenvalue weighted by molar-refractivity contribution is 0.410. The highest BCUT2D eigenvalue weighted by Gasteiger charge is 2.07. The van der Waals surface area contributed by atoms with Gasteiger partial charge in [0.25, 0.3) is 0 Å². The lowest BCUT2D eigenvalue weighted by Gasteiger charge is -2.10. The van der Waals surface area contributed by atoms with Crippen LogP contribution in [-0.4, -0.2) is 28.6 Å². The number of para-hydroxylation sites is 1. The van der Waals surface area contributed by atoms with Gasteiger partial charge >= 0.3 is 0 Å². The topological polar surface area (TPSA) is 73.1 Å². The summed E-state index contributed by atoms with van der Waals surface area (Å²) in [6.45, 7) is 0.689. The molecule has 0 amide bonds. The second-order valence-corrected chi connectivity index (χ2v) is 4.55. The van der Waals surface area contributed by atoms with E-state index >= 15 is 0 Å². The summed E-state index contributed by atoms with van der Waals surface area (Å²) in [4.78, 5) is 8.56. The van der Waals surface area contributed by atoms with E-state index in [1.54, 1.807) is 19.5 Å². The minimum Gasteiger partial charge on any atom is -0.496 e. The third-order valence-electron chi connectivity index (χ3n) is 2.81. The van der Waals surface area contributed by atoms with Crippen LogP contribution in [0.2, 0.25) is 0 Å². The zero-order chi connectivity index (χ0) is 14.4. The summed E-state index contributed by atoms with van der Waals surface area (Å²) in [5.74, 6) is 1.48. The van der Waals surface area contributed by atoms with E-state index in [2.05, 4.69) is 15.3 Å². The van der Waals surface area contributed by atoms with E-state index in [1.807, 2.05) is 24.3 Å². The van der Waals surface area contributed by atoms with Gasteiger partial charge in [-0.1, -0.05) is 30.4 Å². The van der Waals surface area contributed by atoms with E-state index in [1.165, 1.54) is 0 Å². The van der Waals surface area contributed by atoms with Crippen LogP contribution in [-0.2, 0) is 6.42 Å². The largest absolute Gasteiger partial charge is 0.496 e. The molecular formula is C14H16N4OS. The second-order valence-electron chi connectivity index (χ2n) is 4.11. The number of hydrogen-bond donors (Lipinski definition) is 2. The molecule has 3 N–H and O–H groups in total. The second kappa shape index (κ2) is 6.81. The van der Waals surface area contributed by atoms with E-state index in [9.17, 15) is 0 Å². The molecule has 6 heteroatoms. The molecule has 2 aromatic rings. The molecular weight excluding hydrogens is 272 g/mol. The number of anilines is 1. The van der Waals surface area contributed by atoms with Crippen molar-refractivity contribution in [1.29, 1.82) is 0 Å². The molecule has 1 aromatic heterocycles. The number of aromatic nitrogens is 2. The molecule has 104 valence electrons. The van der Waals surface area contributed by atoms with Crippen LogP contribution in [0.5, 0.6) is 5.75 Å². The summed E-state index contributed by atoms with van der Waals surface area (Å²) in [5, 5.41) is 3.20. The highest BCUT2D eigenvalue weighted by Crippen LogP contribution is 2.18. The van der Waals surface area contributed by atoms with Crippen molar-refractivity contribution >= 4 is 23.0 Å². The maximum Gasteiger partial charge on any atom is 0.155 e. The summed E-state index contributed by atoms with van der Waals surface area (Å²) >= 11 is 4.95. The van der Waals surface area contributed by atoms with Crippen molar-refractivity contribution in [3.8, 4) is 5.75 Å². The molecule has 0 radical (unpaired) electrons. The maximum atomic E-state index is 5.61. The van der Waals surface area contributed by atoms with Gasteiger partial charge in [0.15, 0.2) is 5.82 Å². The highest BCUT2D eigenvalue weighted by atomic mass is 32.1. The minimum absolute atomic E-state index is 0.234. The Hall–Kier alpha value is -2.21. The van der Waals surface area contributed by atoms with Gasteiger partial charge in [0, 0.05) is 18.9 Å². The smallest absolute Gasteiger partial charge is 0.155 e. The van der Waals surface area contributed by atoms with Crippen molar-refractivity contribution in [2.45, 2.75) is 6.42 Å². The monoisotopic (exact) mass is 288 g/mol. The first-order valence-corrected chi connectivity index (χ1v) is 6.59. The number of nitrogens with zero attached hydrogens (tertiary/aromatic N) is 2. The van der Waals surface area contributed by atoms with Crippen molar-refractivity contribution in [3.05, 3.63) is 47.9 Å². The summed E-state index contributed by atoms with van der Waals surface area (Å²) in [5.41, 5.74) is 7.26. The van der Waals surface area contributed by atoms with Crippen LogP contribution >= 0.6 is 12.2 Å². The number of hydrogen-bond acceptors (Lipinski definition) is 5. The molecule has 0 bridgehead atoms. The van der Waals surface area contributed by atoms with Gasteiger partial charge in [-0.15, -0.1) is 0 Å². The van der Waals surface area contributed by atoms with Gasteiger partial charge < -0.3 is 15.8 Å². The van der Waals surface area contributed by atoms with Gasteiger partial charge in [0.1, 0.15) is 16.4 Å². The Morgan fingerprint density at radius 2 is 2.05 bits per heavy atom. The zero-order valence-electron chi connectivity index (χ0n) is 11.2. The number of thiocarbonyl (C=S) groups is 1. The molecule has 0 atom stereocenters. The first kappa shape index (κ1) is 14.2. The van der Waals surface area contributed by atoms with Crippen molar-refractivity contribution in [1.82, 2.24) is 9.97 Å². The van der Waals surface area contributed by atoms with Crippen LogP contribution in [0.25, 0.3) is 0 Å². The van der Waals surface area contributed by atoms with Crippen LogP contribution in [0.1, 0.15) is 11.3 Å². The predicted octanol–water partition coefficient (Wildman–Crippen LogP) is 1.77. The van der Waals surface area contributed by atoms with Crippen LogP contribution in [0.4, 0.5) is 5.82 Å². The molecule has 1 aromatic carbocycles. The van der Waals surface area contributed by atoms with Gasteiger partial charge in [-0.2, -0.15) is 0 Å². The van der Waals surface area contributed by atoms with Crippen LogP contribution < -0.4 is 15.8 Å². The molecule has 0 saturated heterocycles. The number of methoxy groups -OCH3 is 1. The molecule has 2 rings (SSSR count). The number of ether oxygens (including phenoxy) is 1. The Bertz CT molecular complexity index is 603. The summed E-state index contributed by atoms with van der Waals surface area (Å²) in [6, 6.07) is 7.91. The zero-order valence-corrected chi connectivity index (χ0v) is 12.0. The third kappa shape index (κ3) is 3.42. The fourth-order valence-electron chi connectivity index (χ4n) is 1.87. The Balaban J connectivity index is 2.01. The molecule has 0 aliphatic carbocycles. The number of nitrogens with one attached hydrogen (secondary N) is 1. The van der Waals surface area contributed by atoms with Crippen molar-refractivity contribution in [3.63, 3.8) is 0 Å². The molecule has 20 heavy (non-hydrogen) atoms. The first-order chi connectivity index (χ1) is 9.72. The average Bonchev–Trinajstić information content (AvgIpc) is 2.48. The Labute approximate surface area is 123 Å². The molecule has 0 spiro atoms. The molecule has 0 saturated carbocycles. The Kier molecular flexibility index (Phi) is 4.84. The molecule has 0 aliphatic rings. The Morgan fingerprint density at radius 3 is 2.80 bits per heavy atom. The summed E-state index contributed by atoms with van der Waals surface area (Å²) < 4.78 is 5.31. The summed E-state index contributed by atoms with van der Waals surface area (Å²) in [7, 11) is 1.67. The standard InChI is InChI=1S/C14H16N4OS/c1-19-11-5-3-2-4-10(11)6-7-17-14-12(13(15)20)16-8-9-18-14/h2-5,8-9H,6-7H2,1H3,(H2,15,20)(H,17,18). The van der Waals surface area contributed by atoms with Crippen molar-refractivity contribution < 1.29 is 4.74 Å². The Morgan fingerprint density at radius 1 is 1.30 bits per heavy atom. The fourth-order valence-corrected chi connectivity index (χ4v) is 2.02. The van der Waals surface area contributed by atoms with E-state index in [4.69, 9.17) is 22.7 Å². The lowest BCUT2D eigenvalue weighted by Crippen LogP contribution is -2.17. The van der Waals surface area contributed by atoms with Crippen molar-refractivity contribution in [2.24, 2.45) is 5.73 Å². The number of benzene rings is 1. The van der Waals surface area contributed by atoms with Crippen LogP contribution in [0, 0.1) is 0 Å². The lowest BCUT2D eigenvalue weighted by atomic mass is 10.1. The van der Waals surface area contributed by atoms with E-state index in [-0.39, 0.29) is 4.99 Å². The van der Waals surface area contributed by atoms with Gasteiger partial charge in [-0.05, 0) is 18.1 Å². The van der Waals surface area contributed by atoms with Crippen molar-refractivity contribution in [2.75, 3.05) is 19.0 Å². The first-order valence-electron chi connectivity index (χ1n) is 6.19. The van der Waals surface area contributed by atoms with E-state index in [0.29, 0.717) is 18.1 Å². The maximum absolute atomic E-state index is 5.61. The minimum atomic E-state index is 0.234. The van der Waals surface area contributed by atoms with Crippen LogP contribution in [0.15, 0.2) is 36.7 Å². The average molecular weight is 288 g/mol. The number of rotatable bonds is 6. The molecule has 1 heterocycles. The van der Waals surface area contributed by atoms with Gasteiger partial charge in [-0.25, -0.2) is 9.97 Å². The molecule has 0 aliphatic heterocycles. The van der Waals surface area contributed by atoms with Gasteiger partial charge in [0.2, 0.25) is 0 Å². The quantitative estimate of drug-likeness (QED) is 0.789. The fraction of sp³-hybridized carbons (Fsp3) is 0.214. The normalized spacial score (nSPS) is 10.1. The van der Waals surface area contributed by atoms with E-state index in [0.717, 1.165) is 17.7 Å². The van der Waals surface area contributed by atoms with Gasteiger partial charge in [0.05, 0.1) is 7.11 Å². The van der Waals surface area contributed by atoms with Crippen LogP contribution in [0.3, 0.4) is 0 Å². The van der Waals surface area contributed by atoms with E-state index < -0.39 is 0 Å².